The van der Waals surface area contributed by atoms with Crippen LogP contribution in [0.15, 0.2) is 27.9 Å². The van der Waals surface area contributed by atoms with Crippen LogP contribution in [0.5, 0.6) is 11.5 Å². The maximum Gasteiger partial charge on any atom is 0.125 e. The third-order valence-electron chi connectivity index (χ3n) is 3.90. The summed E-state index contributed by atoms with van der Waals surface area (Å²) in [5.41, 5.74) is 2.19. The molecule has 0 amide bonds. The van der Waals surface area contributed by atoms with Crippen LogP contribution in [0, 0.1) is 6.92 Å². The highest BCUT2D eigenvalue weighted by molar-refractivity contribution is 6.55. The summed E-state index contributed by atoms with van der Waals surface area (Å²) in [4.78, 5) is 0. The minimum absolute atomic E-state index is 0.202. The summed E-state index contributed by atoms with van der Waals surface area (Å²) in [7, 11) is 0. The maximum atomic E-state index is 8.25. The molecule has 0 bridgehead atoms. The number of unbranched alkanes of at least 4 members (excludes halogenated alkanes) is 3. The molecule has 0 aliphatic rings. The lowest BCUT2D eigenvalue weighted by Crippen LogP contribution is -2.04. The van der Waals surface area contributed by atoms with Gasteiger partial charge in [0.25, 0.3) is 0 Å². The van der Waals surface area contributed by atoms with Gasteiger partial charge in [0.05, 0.1) is 19.4 Å². The monoisotopic (exact) mass is 417 g/mol. The van der Waals surface area contributed by atoms with Crippen LogP contribution in [-0.2, 0) is 11.2 Å². The Labute approximate surface area is 171 Å². The van der Waals surface area contributed by atoms with Crippen LogP contribution < -0.4 is 9.47 Å². The van der Waals surface area contributed by atoms with E-state index in [1.54, 1.807) is 6.08 Å². The van der Waals surface area contributed by atoms with E-state index in [0.29, 0.717) is 26.4 Å². The summed E-state index contributed by atoms with van der Waals surface area (Å²) in [5.74, 6) is 1.73. The van der Waals surface area contributed by atoms with Crippen LogP contribution in [0.4, 0.5) is 0 Å². The lowest BCUT2D eigenvalue weighted by atomic mass is 10.1. The molecule has 1 rings (SSSR count). The first-order valence-corrected chi connectivity index (χ1v) is 9.98. The Bertz CT molecular complexity index is 602. The highest BCUT2D eigenvalue weighted by Crippen LogP contribution is 2.30. The van der Waals surface area contributed by atoms with Crippen molar-refractivity contribution in [2.45, 2.75) is 46.0 Å². The van der Waals surface area contributed by atoms with Crippen molar-refractivity contribution in [2.75, 3.05) is 26.4 Å². The average Bonchev–Trinajstić information content (AvgIpc) is 2.64. The molecule has 0 radical (unpaired) electrons. The number of benzene rings is 1. The molecular weight excluding hydrogens is 389 g/mol. The minimum Gasteiger partial charge on any atom is -0.493 e. The molecule has 0 atom stereocenters. The Hall–Kier alpha value is -1.43. The van der Waals surface area contributed by atoms with Crippen LogP contribution in [-0.4, -0.2) is 37.8 Å². The van der Waals surface area contributed by atoms with Crippen molar-refractivity contribution in [1.29, 1.82) is 0 Å². The zero-order valence-electron chi connectivity index (χ0n) is 16.0. The van der Waals surface area contributed by atoms with E-state index in [2.05, 4.69) is 12.1 Å². The van der Waals surface area contributed by atoms with Crippen molar-refractivity contribution in [2.24, 2.45) is 5.16 Å². The van der Waals surface area contributed by atoms with Crippen molar-refractivity contribution in [1.82, 2.24) is 0 Å². The second-order valence-corrected chi connectivity index (χ2v) is 7.03. The van der Waals surface area contributed by atoms with E-state index < -0.39 is 0 Å². The lowest BCUT2D eigenvalue weighted by Gasteiger charge is -2.15. The number of hydrogen-bond donors (Lipinski definition) is 1. The van der Waals surface area contributed by atoms with Gasteiger partial charge in [0, 0.05) is 6.61 Å². The predicted octanol–water partition coefficient (Wildman–Crippen LogP) is 5.67. The van der Waals surface area contributed by atoms with Crippen molar-refractivity contribution in [3.63, 3.8) is 0 Å². The normalized spacial score (nSPS) is 11.0. The van der Waals surface area contributed by atoms with E-state index in [1.165, 1.54) is 6.21 Å². The number of aryl methyl sites for hydroxylation is 2. The fourth-order valence-corrected chi connectivity index (χ4v) is 2.69. The number of hydrogen-bond acceptors (Lipinski definition) is 5. The van der Waals surface area contributed by atoms with Crippen LogP contribution >= 0.6 is 23.2 Å². The fourth-order valence-electron chi connectivity index (χ4n) is 2.57. The molecule has 27 heavy (non-hydrogen) atoms. The van der Waals surface area contributed by atoms with Crippen LogP contribution in [0.1, 0.15) is 43.7 Å². The first kappa shape index (κ1) is 23.6. The van der Waals surface area contributed by atoms with E-state index >= 15 is 0 Å². The minimum atomic E-state index is 0.202. The van der Waals surface area contributed by atoms with Gasteiger partial charge in [-0.05, 0) is 61.9 Å². The molecule has 1 aromatic rings. The largest absolute Gasteiger partial charge is 0.493 e. The molecule has 0 aliphatic carbocycles. The van der Waals surface area contributed by atoms with Crippen LogP contribution in [0.2, 0.25) is 0 Å². The van der Waals surface area contributed by atoms with Crippen LogP contribution in [0.25, 0.3) is 0 Å². The molecule has 1 aromatic carbocycles. The third-order valence-corrected chi connectivity index (χ3v) is 4.21. The van der Waals surface area contributed by atoms with Crippen molar-refractivity contribution in [3.8, 4) is 11.5 Å². The number of nitrogens with zero attached hydrogens (tertiary/aromatic N) is 1. The summed E-state index contributed by atoms with van der Waals surface area (Å²) < 4.78 is 17.2. The second-order valence-electron chi connectivity index (χ2n) is 6.02. The first-order valence-electron chi connectivity index (χ1n) is 9.22. The number of ether oxygens (including phenoxy) is 3. The molecule has 0 heterocycles. The van der Waals surface area contributed by atoms with Gasteiger partial charge in [0.1, 0.15) is 22.6 Å². The van der Waals surface area contributed by atoms with Gasteiger partial charge in [-0.15, -0.1) is 0 Å². The Morgan fingerprint density at radius 2 is 1.81 bits per heavy atom. The molecule has 0 aliphatic heterocycles. The first-order chi connectivity index (χ1) is 13.1. The van der Waals surface area contributed by atoms with E-state index in [0.717, 1.165) is 54.7 Å². The molecule has 0 fully saturated rings. The molecular formula is C20H29Cl2NO4. The Morgan fingerprint density at radius 1 is 1.07 bits per heavy atom. The number of rotatable bonds is 14. The summed E-state index contributed by atoms with van der Waals surface area (Å²) in [6, 6.07) is 3.98. The maximum absolute atomic E-state index is 8.25. The van der Waals surface area contributed by atoms with Gasteiger partial charge < -0.3 is 19.4 Å². The molecule has 0 spiro atoms. The van der Waals surface area contributed by atoms with Gasteiger partial charge in [-0.25, -0.2) is 0 Å². The lowest BCUT2D eigenvalue weighted by molar-refractivity contribution is 0.165. The number of oxime groups is 1. The SMILES string of the molecule is CCc1cc(OCC=C(Cl)Cl)cc(C)c1OCCCCCCOCC=NO. The van der Waals surface area contributed by atoms with Crippen LogP contribution in [0.3, 0.4) is 0 Å². The zero-order valence-corrected chi connectivity index (χ0v) is 17.6. The summed E-state index contributed by atoms with van der Waals surface area (Å²) in [5, 5.41) is 11.1. The molecule has 0 saturated heterocycles. The summed E-state index contributed by atoms with van der Waals surface area (Å²) in [6.07, 6.45) is 7.98. The fraction of sp³-hybridized carbons (Fsp3) is 0.550. The van der Waals surface area contributed by atoms with E-state index in [4.69, 9.17) is 42.6 Å². The molecule has 5 nitrogen and oxygen atoms in total. The van der Waals surface area contributed by atoms with Crippen molar-refractivity contribution < 1.29 is 19.4 Å². The molecule has 0 aromatic heterocycles. The summed E-state index contributed by atoms with van der Waals surface area (Å²) in [6.45, 7) is 6.19. The Balaban J connectivity index is 2.36. The Kier molecular flexibility index (Phi) is 12.8. The van der Waals surface area contributed by atoms with Gasteiger partial charge in [0.2, 0.25) is 0 Å². The zero-order chi connectivity index (χ0) is 19.9. The molecule has 152 valence electrons. The molecule has 0 saturated carbocycles. The van der Waals surface area contributed by atoms with E-state index in [1.807, 2.05) is 19.1 Å². The molecule has 7 heteroatoms. The van der Waals surface area contributed by atoms with E-state index in [-0.39, 0.29) is 4.49 Å². The second kappa shape index (κ2) is 14.6. The van der Waals surface area contributed by atoms with E-state index in [9.17, 15) is 0 Å². The average molecular weight is 418 g/mol. The molecule has 1 N–H and O–H groups in total. The molecule has 0 unspecified atom stereocenters. The predicted molar refractivity (Wildman–Crippen MR) is 111 cm³/mol. The van der Waals surface area contributed by atoms with Crippen molar-refractivity contribution in [3.05, 3.63) is 33.8 Å². The Morgan fingerprint density at radius 3 is 2.48 bits per heavy atom. The highest BCUT2D eigenvalue weighted by atomic mass is 35.5. The van der Waals surface area contributed by atoms with Gasteiger partial charge in [0.15, 0.2) is 0 Å². The van der Waals surface area contributed by atoms with Gasteiger partial charge >= 0.3 is 0 Å². The van der Waals surface area contributed by atoms with Crippen molar-refractivity contribution >= 4 is 29.4 Å². The third kappa shape index (κ3) is 10.5. The smallest absolute Gasteiger partial charge is 0.125 e. The number of halogens is 2. The highest BCUT2D eigenvalue weighted by Gasteiger charge is 2.09. The van der Waals surface area contributed by atoms with Gasteiger partial charge in [-0.3, -0.25) is 0 Å². The standard InChI is InChI=1S/C20H29Cl2NO4/c1-3-17-15-18(26-12-8-19(21)22)14-16(2)20(17)27-11-7-5-4-6-10-25-13-9-23-24/h8-9,14-15,24H,3-7,10-13H2,1-2H3. The quantitative estimate of drug-likeness (QED) is 0.183. The topological polar surface area (TPSA) is 60.3 Å². The van der Waals surface area contributed by atoms with Gasteiger partial charge in [-0.2, -0.15) is 0 Å². The summed E-state index contributed by atoms with van der Waals surface area (Å²) >= 11 is 11.2. The van der Waals surface area contributed by atoms with Gasteiger partial charge in [-0.1, -0.05) is 41.7 Å².